The first-order valence-corrected chi connectivity index (χ1v) is 13.6. The zero-order valence-corrected chi connectivity index (χ0v) is 21.9. The van der Waals surface area contributed by atoms with Crippen LogP contribution in [0.4, 0.5) is 11.5 Å². The number of halogens is 1. The van der Waals surface area contributed by atoms with Gasteiger partial charge in [0, 0.05) is 40.2 Å². The van der Waals surface area contributed by atoms with Gasteiger partial charge in [-0.15, -0.1) is 11.3 Å². The quantitative estimate of drug-likeness (QED) is 0.395. The first-order chi connectivity index (χ1) is 16.6. The number of nitrogens with zero attached hydrogens (tertiary/aromatic N) is 4. The van der Waals surface area contributed by atoms with Crippen LogP contribution in [-0.2, 0) is 17.8 Å². The number of anilines is 2. The van der Waals surface area contributed by atoms with E-state index in [1.807, 2.05) is 35.2 Å². The number of nitrogens with one attached hydrogen (secondary N) is 1. The van der Waals surface area contributed by atoms with Gasteiger partial charge in [0.25, 0.3) is 0 Å². The predicted octanol–water partition coefficient (Wildman–Crippen LogP) is 5.90. The first kappa shape index (κ1) is 23.5. The van der Waals surface area contributed by atoms with E-state index < -0.39 is 0 Å². The van der Waals surface area contributed by atoms with Crippen LogP contribution in [0.2, 0.25) is 0 Å². The molecule has 178 valence electrons. The van der Waals surface area contributed by atoms with Gasteiger partial charge in [-0.2, -0.15) is 0 Å². The number of thiophene rings is 1. The first-order valence-electron chi connectivity index (χ1n) is 12.0. The van der Waals surface area contributed by atoms with E-state index in [0.29, 0.717) is 19.1 Å². The zero-order valence-electron chi connectivity index (χ0n) is 19.5. The van der Waals surface area contributed by atoms with E-state index >= 15 is 0 Å². The molecule has 0 unspecified atom stereocenters. The van der Waals surface area contributed by atoms with Crippen LogP contribution in [0.25, 0.3) is 10.2 Å². The van der Waals surface area contributed by atoms with E-state index in [0.717, 1.165) is 39.2 Å². The molecule has 0 saturated heterocycles. The van der Waals surface area contributed by atoms with Crippen LogP contribution in [-0.4, -0.2) is 51.9 Å². The molecule has 5 rings (SSSR count). The number of hydrogen-bond acceptors (Lipinski definition) is 6. The standard InChI is InChI=1S/C26H30BrN5OS/c1-31(20-9-3-2-4-10-20)13-6-11-23(33)32-14-12-21-22(16-32)34-26-24(21)25(28-17-29-26)30-19-8-5-7-18(27)15-19/h5-8,11,15,17,20H,2-4,9-10,12-14,16H2,1H3,(H,28,29,30). The van der Waals surface area contributed by atoms with E-state index in [1.165, 1.54) is 42.5 Å². The summed E-state index contributed by atoms with van der Waals surface area (Å²) in [6.45, 7) is 2.18. The van der Waals surface area contributed by atoms with Crippen molar-refractivity contribution < 1.29 is 4.79 Å². The molecule has 2 aliphatic rings. The summed E-state index contributed by atoms with van der Waals surface area (Å²) in [4.78, 5) is 28.5. The summed E-state index contributed by atoms with van der Waals surface area (Å²) in [6.07, 6.45) is 12.8. The fourth-order valence-corrected chi connectivity index (χ4v) is 6.61. The highest BCUT2D eigenvalue weighted by atomic mass is 79.9. The average Bonchev–Trinajstić information content (AvgIpc) is 3.23. The number of aromatic nitrogens is 2. The molecule has 2 aromatic heterocycles. The third-order valence-corrected chi connectivity index (χ3v) is 8.51. The molecule has 0 spiro atoms. The second kappa shape index (κ2) is 10.5. The topological polar surface area (TPSA) is 61.4 Å². The molecule has 0 bridgehead atoms. The average molecular weight is 541 g/mol. The second-order valence-corrected chi connectivity index (χ2v) is 11.2. The van der Waals surface area contributed by atoms with Crippen molar-refractivity contribution in [2.45, 2.75) is 51.1 Å². The Kier molecular flexibility index (Phi) is 7.27. The monoisotopic (exact) mass is 539 g/mol. The summed E-state index contributed by atoms with van der Waals surface area (Å²) in [7, 11) is 2.18. The molecule has 1 aromatic carbocycles. The molecule has 0 radical (unpaired) electrons. The summed E-state index contributed by atoms with van der Waals surface area (Å²) in [5.74, 6) is 0.921. The lowest BCUT2D eigenvalue weighted by Crippen LogP contribution is -2.35. The highest BCUT2D eigenvalue weighted by molar-refractivity contribution is 9.10. The van der Waals surface area contributed by atoms with E-state index in [1.54, 1.807) is 23.7 Å². The number of amides is 1. The Morgan fingerprint density at radius 2 is 2.15 bits per heavy atom. The summed E-state index contributed by atoms with van der Waals surface area (Å²) in [5, 5.41) is 4.54. The normalized spacial score (nSPS) is 17.0. The molecule has 0 atom stereocenters. The predicted molar refractivity (Wildman–Crippen MR) is 143 cm³/mol. The number of carbonyl (C=O) groups is 1. The lowest BCUT2D eigenvalue weighted by molar-refractivity contribution is -0.126. The van der Waals surface area contributed by atoms with Crippen molar-refractivity contribution in [3.63, 3.8) is 0 Å². The second-order valence-electron chi connectivity index (χ2n) is 9.19. The third-order valence-electron chi connectivity index (χ3n) is 6.89. The minimum Gasteiger partial charge on any atom is -0.340 e. The minimum absolute atomic E-state index is 0.0960. The maximum absolute atomic E-state index is 12.9. The van der Waals surface area contributed by atoms with Gasteiger partial charge in [0.05, 0.1) is 11.9 Å². The Bertz CT molecular complexity index is 1200. The van der Waals surface area contributed by atoms with Crippen molar-refractivity contribution in [3.8, 4) is 0 Å². The van der Waals surface area contributed by atoms with Crippen molar-refractivity contribution >= 4 is 54.9 Å². The molecular formula is C26H30BrN5OS. The molecule has 6 nitrogen and oxygen atoms in total. The number of carbonyl (C=O) groups excluding carboxylic acids is 1. The molecule has 1 saturated carbocycles. The zero-order chi connectivity index (χ0) is 23.5. The van der Waals surface area contributed by atoms with Gasteiger partial charge >= 0.3 is 0 Å². The third kappa shape index (κ3) is 5.19. The number of rotatable bonds is 6. The van der Waals surface area contributed by atoms with Gasteiger partial charge < -0.3 is 10.2 Å². The largest absolute Gasteiger partial charge is 0.340 e. The van der Waals surface area contributed by atoms with E-state index in [-0.39, 0.29) is 5.91 Å². The Labute approximate surface area is 213 Å². The molecule has 34 heavy (non-hydrogen) atoms. The van der Waals surface area contributed by atoms with Crippen molar-refractivity contribution in [2.24, 2.45) is 0 Å². The Balaban J connectivity index is 1.27. The van der Waals surface area contributed by atoms with Gasteiger partial charge in [0.1, 0.15) is 17.0 Å². The molecular weight excluding hydrogens is 510 g/mol. The van der Waals surface area contributed by atoms with Crippen LogP contribution in [0.15, 0.2) is 47.2 Å². The van der Waals surface area contributed by atoms with E-state index in [9.17, 15) is 4.79 Å². The molecule has 8 heteroatoms. The van der Waals surface area contributed by atoms with Crippen molar-refractivity contribution in [1.82, 2.24) is 19.8 Å². The van der Waals surface area contributed by atoms with Gasteiger partial charge in [0.2, 0.25) is 5.91 Å². The number of likely N-dealkylation sites (N-methyl/N-ethyl adjacent to an activating group) is 1. The van der Waals surface area contributed by atoms with Gasteiger partial charge in [-0.05, 0) is 50.1 Å². The lowest BCUT2D eigenvalue weighted by Gasteiger charge is -2.30. The summed E-state index contributed by atoms with van der Waals surface area (Å²) in [5.41, 5.74) is 2.24. The number of fused-ring (bicyclic) bond motifs is 3. The van der Waals surface area contributed by atoms with Crippen LogP contribution in [0.3, 0.4) is 0 Å². The van der Waals surface area contributed by atoms with Crippen molar-refractivity contribution in [2.75, 3.05) is 25.5 Å². The Morgan fingerprint density at radius 3 is 2.97 bits per heavy atom. The lowest BCUT2D eigenvalue weighted by atomic mass is 9.94. The Morgan fingerprint density at radius 1 is 1.29 bits per heavy atom. The molecule has 1 N–H and O–H groups in total. The van der Waals surface area contributed by atoms with Gasteiger partial charge in [-0.1, -0.05) is 47.3 Å². The maximum atomic E-state index is 12.9. The van der Waals surface area contributed by atoms with Crippen molar-refractivity contribution in [1.29, 1.82) is 0 Å². The molecule has 3 heterocycles. The van der Waals surface area contributed by atoms with Crippen LogP contribution in [0.1, 0.15) is 42.5 Å². The smallest absolute Gasteiger partial charge is 0.246 e. The molecule has 3 aromatic rings. The van der Waals surface area contributed by atoms with E-state index in [4.69, 9.17) is 0 Å². The van der Waals surface area contributed by atoms with E-state index in [2.05, 4.69) is 43.2 Å². The van der Waals surface area contributed by atoms with Gasteiger partial charge in [0.15, 0.2) is 0 Å². The summed E-state index contributed by atoms with van der Waals surface area (Å²) < 4.78 is 1.02. The summed E-state index contributed by atoms with van der Waals surface area (Å²) in [6, 6.07) is 8.71. The SMILES string of the molecule is CN(CC=CC(=O)N1CCc2c(sc3ncnc(Nc4cccc(Br)c4)c23)C1)C1CCCCC1. The van der Waals surface area contributed by atoms with Gasteiger partial charge in [-0.25, -0.2) is 9.97 Å². The maximum Gasteiger partial charge on any atom is 0.246 e. The number of benzene rings is 1. The molecule has 1 aliphatic carbocycles. The van der Waals surface area contributed by atoms with Crippen LogP contribution in [0.5, 0.6) is 0 Å². The van der Waals surface area contributed by atoms with Crippen molar-refractivity contribution in [3.05, 3.63) is 57.7 Å². The Hall–Kier alpha value is -2.29. The fraction of sp³-hybridized carbons (Fsp3) is 0.423. The fourth-order valence-electron chi connectivity index (χ4n) is 5.01. The summed E-state index contributed by atoms with van der Waals surface area (Å²) >= 11 is 5.20. The molecule has 1 aliphatic heterocycles. The molecule has 1 amide bonds. The highest BCUT2D eigenvalue weighted by Gasteiger charge is 2.25. The minimum atomic E-state index is 0.0960. The number of hydrogen-bond donors (Lipinski definition) is 1. The van der Waals surface area contributed by atoms with Crippen LogP contribution >= 0.6 is 27.3 Å². The van der Waals surface area contributed by atoms with Crippen LogP contribution < -0.4 is 5.32 Å². The highest BCUT2D eigenvalue weighted by Crippen LogP contribution is 2.38. The van der Waals surface area contributed by atoms with Gasteiger partial charge in [-0.3, -0.25) is 9.69 Å². The van der Waals surface area contributed by atoms with Crippen LogP contribution in [0, 0.1) is 0 Å². The molecule has 1 fully saturated rings.